The van der Waals surface area contributed by atoms with Gasteiger partial charge in [0.1, 0.15) is 0 Å². The van der Waals surface area contributed by atoms with E-state index in [0.717, 1.165) is 11.1 Å². The monoisotopic (exact) mass is 370 g/mol. The van der Waals surface area contributed by atoms with Crippen LogP contribution in [0.15, 0.2) is 12.1 Å². The molecule has 0 N–H and O–H groups in total. The summed E-state index contributed by atoms with van der Waals surface area (Å²) in [5.74, 6) is -0.358. The van der Waals surface area contributed by atoms with Crippen LogP contribution in [0.25, 0.3) is 0 Å². The van der Waals surface area contributed by atoms with Crippen molar-refractivity contribution in [2.75, 3.05) is 48.0 Å². The van der Waals surface area contributed by atoms with Gasteiger partial charge in [-0.25, -0.2) is 0 Å². The van der Waals surface area contributed by atoms with E-state index >= 15 is 0 Å². The molecule has 140 valence electrons. The van der Waals surface area contributed by atoms with Crippen LogP contribution in [0, 0.1) is 13.8 Å². The van der Waals surface area contributed by atoms with Crippen LogP contribution in [-0.2, 0) is 14.3 Å². The molecule has 0 aliphatic carbocycles. The summed E-state index contributed by atoms with van der Waals surface area (Å²) in [6.45, 7) is 4.79. The van der Waals surface area contributed by atoms with Crippen molar-refractivity contribution in [3.05, 3.63) is 33.8 Å². The predicted octanol–water partition coefficient (Wildman–Crippen LogP) is 2.15. The molecule has 7 heteroatoms. The number of likely N-dealkylation sites (N-methyl/N-ethyl adjacent to an activating group) is 2. The van der Waals surface area contributed by atoms with Gasteiger partial charge in [0.2, 0.25) is 0 Å². The lowest BCUT2D eigenvalue weighted by atomic mass is 10.1. The second kappa shape index (κ2) is 9.75. The molecule has 1 rings (SSSR count). The molecule has 2 amide bonds. The topological polar surface area (TPSA) is 59.1 Å². The zero-order valence-corrected chi connectivity index (χ0v) is 16.5. The largest absolute Gasteiger partial charge is 0.381 e. The number of amides is 2. The smallest absolute Gasteiger partial charge is 0.255 e. The fourth-order valence-corrected chi connectivity index (χ4v) is 2.59. The molecule has 1 aromatic carbocycles. The maximum absolute atomic E-state index is 12.6. The van der Waals surface area contributed by atoms with Gasteiger partial charge < -0.3 is 19.3 Å². The summed E-state index contributed by atoms with van der Waals surface area (Å²) in [6, 6.07) is 3.61. The van der Waals surface area contributed by atoms with Crippen molar-refractivity contribution < 1.29 is 19.1 Å². The minimum Gasteiger partial charge on any atom is -0.381 e. The third-order valence-electron chi connectivity index (χ3n) is 4.26. The van der Waals surface area contributed by atoms with Gasteiger partial charge in [-0.15, -0.1) is 0 Å². The van der Waals surface area contributed by atoms with Gasteiger partial charge in [0, 0.05) is 41.4 Å². The fraction of sp³-hybridized carbons (Fsp3) is 0.556. The lowest BCUT2D eigenvalue weighted by Gasteiger charge is -2.25. The first kappa shape index (κ1) is 21.4. The number of aryl methyl sites for hydroxylation is 1. The number of nitrogens with zero attached hydrogens (tertiary/aromatic N) is 2. The first-order valence-corrected chi connectivity index (χ1v) is 8.40. The van der Waals surface area contributed by atoms with Crippen molar-refractivity contribution >= 4 is 23.4 Å². The van der Waals surface area contributed by atoms with E-state index in [0.29, 0.717) is 23.7 Å². The molecule has 25 heavy (non-hydrogen) atoms. The van der Waals surface area contributed by atoms with Crippen LogP contribution in [0.3, 0.4) is 0 Å². The molecule has 0 aliphatic rings. The molecule has 0 bridgehead atoms. The van der Waals surface area contributed by atoms with Crippen molar-refractivity contribution in [2.24, 2.45) is 0 Å². The van der Waals surface area contributed by atoms with Crippen LogP contribution < -0.4 is 0 Å². The molecule has 0 aliphatic heterocycles. The molecule has 6 nitrogen and oxygen atoms in total. The van der Waals surface area contributed by atoms with Crippen molar-refractivity contribution in [2.45, 2.75) is 20.0 Å². The van der Waals surface area contributed by atoms with Crippen LogP contribution in [0.2, 0.25) is 5.02 Å². The first-order chi connectivity index (χ1) is 11.7. The number of halogens is 1. The Hall–Kier alpha value is -1.63. The highest BCUT2D eigenvalue weighted by Gasteiger charge is 2.23. The molecule has 0 saturated carbocycles. The lowest BCUT2D eigenvalue weighted by molar-refractivity contribution is -0.143. The number of benzene rings is 1. The molecule has 0 aromatic heterocycles. The Bertz CT molecular complexity index is 621. The highest BCUT2D eigenvalue weighted by molar-refractivity contribution is 6.34. The number of hydrogen-bond donors (Lipinski definition) is 0. The maximum Gasteiger partial charge on any atom is 0.255 e. The predicted molar refractivity (Wildman–Crippen MR) is 98.2 cm³/mol. The van der Waals surface area contributed by atoms with E-state index in [1.807, 2.05) is 19.9 Å². The Morgan fingerprint density at radius 3 is 2.28 bits per heavy atom. The average Bonchev–Trinajstić information content (AvgIpc) is 2.60. The van der Waals surface area contributed by atoms with E-state index < -0.39 is 6.10 Å². The van der Waals surface area contributed by atoms with E-state index in [4.69, 9.17) is 21.1 Å². The van der Waals surface area contributed by atoms with E-state index in [2.05, 4.69) is 0 Å². The second-order valence-corrected chi connectivity index (χ2v) is 6.41. The molecular weight excluding hydrogens is 344 g/mol. The maximum atomic E-state index is 12.6. The summed E-state index contributed by atoms with van der Waals surface area (Å²) in [6.07, 6.45) is -0.648. The summed E-state index contributed by atoms with van der Waals surface area (Å²) in [5.41, 5.74) is 2.41. The number of carbonyl (C=O) groups excluding carboxylic acids is 2. The summed E-state index contributed by atoms with van der Waals surface area (Å²) in [5, 5.41) is 0.473. The molecule has 1 atom stereocenters. The average molecular weight is 371 g/mol. The number of hydrogen-bond acceptors (Lipinski definition) is 4. The van der Waals surface area contributed by atoms with Crippen LogP contribution in [0.1, 0.15) is 21.5 Å². The minimum atomic E-state index is -0.648. The van der Waals surface area contributed by atoms with Gasteiger partial charge in [0.05, 0.1) is 17.2 Å². The van der Waals surface area contributed by atoms with E-state index in [1.54, 1.807) is 25.1 Å². The van der Waals surface area contributed by atoms with Crippen LogP contribution in [-0.4, -0.2) is 75.7 Å². The Labute approximate surface area is 154 Å². The fourth-order valence-electron chi connectivity index (χ4n) is 2.30. The van der Waals surface area contributed by atoms with Crippen LogP contribution in [0.4, 0.5) is 0 Å². The van der Waals surface area contributed by atoms with E-state index in [-0.39, 0.29) is 18.4 Å². The van der Waals surface area contributed by atoms with Gasteiger partial charge in [-0.2, -0.15) is 0 Å². The van der Waals surface area contributed by atoms with Gasteiger partial charge in [-0.1, -0.05) is 17.7 Å². The molecule has 0 saturated heterocycles. The summed E-state index contributed by atoms with van der Waals surface area (Å²) >= 11 is 6.30. The highest BCUT2D eigenvalue weighted by atomic mass is 35.5. The van der Waals surface area contributed by atoms with Gasteiger partial charge in [-0.3, -0.25) is 9.59 Å². The molecule has 0 fully saturated rings. The number of rotatable bonds is 8. The quantitative estimate of drug-likeness (QED) is 0.703. The number of ether oxygens (including phenoxy) is 2. The van der Waals surface area contributed by atoms with Crippen LogP contribution >= 0.6 is 11.6 Å². The number of methoxy groups -OCH3 is 2. The van der Waals surface area contributed by atoms with Crippen molar-refractivity contribution in [3.63, 3.8) is 0 Å². The molecule has 0 spiro atoms. The summed E-state index contributed by atoms with van der Waals surface area (Å²) in [4.78, 5) is 27.9. The molecule has 0 heterocycles. The zero-order chi connectivity index (χ0) is 19.1. The third kappa shape index (κ3) is 5.42. The Kier molecular flexibility index (Phi) is 8.35. The molecule has 1 unspecified atom stereocenters. The van der Waals surface area contributed by atoms with Crippen molar-refractivity contribution in [1.29, 1.82) is 0 Å². The van der Waals surface area contributed by atoms with Crippen molar-refractivity contribution in [1.82, 2.24) is 9.80 Å². The van der Waals surface area contributed by atoms with Gasteiger partial charge in [0.15, 0.2) is 6.10 Å². The standard InChI is InChI=1S/C18H27ClN2O4/c1-12-7-8-14(16(19)13(12)2)17(22)20(3)9-10-21(4)18(23)15(25-6)11-24-5/h7-8,15H,9-11H2,1-6H3. The Morgan fingerprint density at radius 2 is 1.72 bits per heavy atom. The summed E-state index contributed by atoms with van der Waals surface area (Å²) < 4.78 is 10.1. The van der Waals surface area contributed by atoms with E-state index in [1.165, 1.54) is 19.1 Å². The molecule has 0 radical (unpaired) electrons. The molecule has 1 aromatic rings. The van der Waals surface area contributed by atoms with Crippen LogP contribution in [0.5, 0.6) is 0 Å². The van der Waals surface area contributed by atoms with Gasteiger partial charge in [-0.05, 0) is 31.0 Å². The Balaban J connectivity index is 2.70. The first-order valence-electron chi connectivity index (χ1n) is 8.02. The van der Waals surface area contributed by atoms with Gasteiger partial charge >= 0.3 is 0 Å². The minimum absolute atomic E-state index is 0.172. The lowest BCUT2D eigenvalue weighted by Crippen LogP contribution is -2.43. The molecular formula is C18H27ClN2O4. The summed E-state index contributed by atoms with van der Waals surface area (Å²) in [7, 11) is 6.34. The number of carbonyl (C=O) groups is 2. The van der Waals surface area contributed by atoms with Crippen molar-refractivity contribution in [3.8, 4) is 0 Å². The highest BCUT2D eigenvalue weighted by Crippen LogP contribution is 2.24. The van der Waals surface area contributed by atoms with Gasteiger partial charge in [0.25, 0.3) is 11.8 Å². The Morgan fingerprint density at radius 1 is 1.12 bits per heavy atom. The van der Waals surface area contributed by atoms with E-state index in [9.17, 15) is 9.59 Å². The SMILES string of the molecule is COCC(OC)C(=O)N(C)CCN(C)C(=O)c1ccc(C)c(C)c1Cl. The normalized spacial score (nSPS) is 12.0. The third-order valence-corrected chi connectivity index (χ3v) is 4.75. The second-order valence-electron chi connectivity index (χ2n) is 6.04. The zero-order valence-electron chi connectivity index (χ0n) is 15.8.